The number of benzene rings is 3. The van der Waals surface area contributed by atoms with Gasteiger partial charge >= 0.3 is 0 Å². The number of phenols is 1. The average Bonchev–Trinajstić information content (AvgIpc) is 3.60. The van der Waals surface area contributed by atoms with Crippen molar-refractivity contribution in [3.8, 4) is 28.6 Å². The second-order valence-corrected chi connectivity index (χ2v) is 12.5. The number of aromatic nitrogens is 3. The molecule has 6 rings (SSSR count). The summed E-state index contributed by atoms with van der Waals surface area (Å²) in [7, 11) is -2.00. The molecule has 1 aliphatic rings. The number of halogens is 2. The molecule has 0 amide bonds. The second kappa shape index (κ2) is 12.4. The van der Waals surface area contributed by atoms with Crippen LogP contribution in [0.5, 0.6) is 17.2 Å². The number of aliphatic hydroxyl groups excluding tert-OH is 1. The smallest absolute Gasteiger partial charge is 0.182 e. The molecule has 0 saturated carbocycles. The van der Waals surface area contributed by atoms with E-state index in [1.54, 1.807) is 12.5 Å². The zero-order valence-electron chi connectivity index (χ0n) is 23.8. The predicted molar refractivity (Wildman–Crippen MR) is 157 cm³/mol. The maximum absolute atomic E-state index is 15.2. The summed E-state index contributed by atoms with van der Waals surface area (Å²) in [5.41, 5.74) is 3.04. The van der Waals surface area contributed by atoms with Crippen LogP contribution in [0.3, 0.4) is 0 Å². The van der Waals surface area contributed by atoms with Gasteiger partial charge in [0.1, 0.15) is 28.0 Å². The van der Waals surface area contributed by atoms with Crippen LogP contribution in [0.2, 0.25) is 0 Å². The number of rotatable bonds is 8. The molecule has 1 aliphatic heterocycles. The number of nitrogens with zero attached hydrogens (tertiary/aromatic N) is 2. The van der Waals surface area contributed by atoms with Gasteiger partial charge in [0.05, 0.1) is 17.3 Å². The summed E-state index contributed by atoms with van der Waals surface area (Å²) in [6.07, 6.45) is 5.12. The number of phenolic OH excluding ortho intramolecular Hbond substituents is 1. The van der Waals surface area contributed by atoms with Crippen LogP contribution in [0.1, 0.15) is 28.6 Å². The van der Waals surface area contributed by atoms with E-state index in [0.717, 1.165) is 24.1 Å². The number of likely N-dealkylation sites (N-methyl/N-ethyl adjacent to an activating group) is 1. The van der Waals surface area contributed by atoms with Crippen LogP contribution in [0.4, 0.5) is 8.78 Å². The summed E-state index contributed by atoms with van der Waals surface area (Å²) in [6, 6.07) is 11.5. The molecule has 44 heavy (non-hydrogen) atoms. The Morgan fingerprint density at radius 3 is 2.70 bits per heavy atom. The van der Waals surface area contributed by atoms with Gasteiger partial charge in [0, 0.05) is 74.7 Å². The van der Waals surface area contributed by atoms with Gasteiger partial charge < -0.3 is 24.9 Å². The monoisotopic (exact) mass is 791 g/mol. The van der Waals surface area contributed by atoms with Crippen molar-refractivity contribution < 1.29 is 53.2 Å². The van der Waals surface area contributed by atoms with Crippen molar-refractivity contribution >= 4 is 20.7 Å². The van der Waals surface area contributed by atoms with Crippen LogP contribution in [0.25, 0.3) is 22.3 Å². The Morgan fingerprint density at radius 2 is 1.95 bits per heavy atom. The van der Waals surface area contributed by atoms with E-state index in [2.05, 4.69) is 9.97 Å². The first-order chi connectivity index (χ1) is 20.6. The number of H-pyrrole nitrogens is 2. The van der Waals surface area contributed by atoms with Crippen molar-refractivity contribution in [1.29, 1.82) is 0 Å². The Balaban J connectivity index is 0.00000384. The van der Waals surface area contributed by atoms with E-state index in [-0.39, 0.29) is 60.8 Å². The van der Waals surface area contributed by atoms with E-state index in [4.69, 9.17) is 9.72 Å². The van der Waals surface area contributed by atoms with Gasteiger partial charge in [0.25, 0.3) is 0 Å². The maximum Gasteiger partial charge on any atom is 0.182 e. The van der Waals surface area contributed by atoms with Gasteiger partial charge in [0.2, 0.25) is 0 Å². The molecule has 230 valence electrons. The van der Waals surface area contributed by atoms with Crippen molar-refractivity contribution in [1.82, 2.24) is 19.9 Å². The first-order valence-electron chi connectivity index (χ1n) is 13.6. The first kappa shape index (κ1) is 31.8. The molecule has 1 unspecified atom stereocenters. The molecule has 3 aromatic carbocycles. The molecule has 2 aromatic heterocycles. The van der Waals surface area contributed by atoms with Crippen LogP contribution in [-0.2, 0) is 43.7 Å². The molecule has 4 N–H and O–H groups in total. The number of imidazole rings is 1. The minimum Gasteiger partial charge on any atom is -0.507 e. The summed E-state index contributed by atoms with van der Waals surface area (Å²) < 4.78 is 61.5. The van der Waals surface area contributed by atoms with E-state index in [0.29, 0.717) is 41.7 Å². The average molecular weight is 791 g/mol. The van der Waals surface area contributed by atoms with Crippen molar-refractivity contribution in [3.05, 3.63) is 95.3 Å². The van der Waals surface area contributed by atoms with Gasteiger partial charge in [0.15, 0.2) is 21.4 Å². The Bertz CT molecular complexity index is 1960. The third-order valence-electron chi connectivity index (χ3n) is 7.67. The minimum atomic E-state index is -3.91. The van der Waals surface area contributed by atoms with Crippen LogP contribution < -0.4 is 4.74 Å². The van der Waals surface area contributed by atoms with E-state index in [1.807, 2.05) is 24.1 Å². The van der Waals surface area contributed by atoms with Gasteiger partial charge in [-0.1, -0.05) is 24.8 Å². The van der Waals surface area contributed by atoms with Gasteiger partial charge in [-0.2, -0.15) is 0 Å². The SMILES string of the molecule is CN1CCc2[nH]c(-c3cc(Oc4c(F)cc5[nH]ccc5c4S(C)(=O)=O)ccc3F)nc2C1c1cccc(C[CH-]CO)c1O.[W]. The van der Waals surface area contributed by atoms with Crippen molar-refractivity contribution in [2.75, 3.05) is 26.5 Å². The first-order valence-corrected chi connectivity index (χ1v) is 15.5. The van der Waals surface area contributed by atoms with Crippen LogP contribution in [0, 0.1) is 18.1 Å². The number of hydrogen-bond donors (Lipinski definition) is 4. The van der Waals surface area contributed by atoms with E-state index in [1.165, 1.54) is 24.4 Å². The Labute approximate surface area is 267 Å². The number of aromatic amines is 2. The molecule has 5 aromatic rings. The van der Waals surface area contributed by atoms with Gasteiger partial charge in [-0.05, 0) is 36.9 Å². The van der Waals surface area contributed by atoms with Crippen LogP contribution in [-0.4, -0.2) is 64.9 Å². The molecule has 3 heterocycles. The molecule has 0 aliphatic carbocycles. The molecule has 0 saturated heterocycles. The molecule has 0 spiro atoms. The summed E-state index contributed by atoms with van der Waals surface area (Å²) in [4.78, 5) is 12.5. The fourth-order valence-corrected chi connectivity index (χ4v) is 6.70. The zero-order chi connectivity index (χ0) is 30.5. The van der Waals surface area contributed by atoms with Gasteiger partial charge in [-0.15, -0.1) is 6.42 Å². The number of nitrogens with one attached hydrogen (secondary N) is 2. The predicted octanol–water partition coefficient (Wildman–Crippen LogP) is 5.05. The van der Waals surface area contributed by atoms with Gasteiger partial charge in [-0.25, -0.2) is 22.2 Å². The van der Waals surface area contributed by atoms with Crippen molar-refractivity contribution in [3.63, 3.8) is 0 Å². The second-order valence-electron chi connectivity index (χ2n) is 10.6. The largest absolute Gasteiger partial charge is 0.507 e. The normalized spacial score (nSPS) is 15.2. The number of aromatic hydroxyl groups is 1. The minimum absolute atomic E-state index is 0. The Morgan fingerprint density at radius 1 is 1.16 bits per heavy atom. The maximum atomic E-state index is 15.2. The number of hydrogen-bond acceptors (Lipinski definition) is 7. The van der Waals surface area contributed by atoms with Crippen LogP contribution in [0.15, 0.2) is 59.6 Å². The fraction of sp³-hybridized carbons (Fsp3) is 0.226. The third-order valence-corrected chi connectivity index (χ3v) is 8.81. The molecule has 0 radical (unpaired) electrons. The Hall–Kier alpha value is -3.57. The number of para-hydroxylation sites is 1. The molecule has 0 bridgehead atoms. The zero-order valence-corrected chi connectivity index (χ0v) is 27.5. The van der Waals surface area contributed by atoms with Crippen molar-refractivity contribution in [2.45, 2.75) is 23.8 Å². The molecule has 0 fully saturated rings. The standard InChI is InChI=1S/C31H29F2N4O5S.W/c1-37-13-11-24-26(27(37)20-7-3-5-17(28(20)39)6-4-14-38)36-31(35-24)21-15-18(8-9-22(21)32)42-29-23(33)16-25-19(10-12-34-25)30(29)43(2,40)41;/h3-5,7-10,12,15-16,27,34,38-39H,6,11,13-14H2,1-2H3,(H,35,36);/q-1;. The van der Waals surface area contributed by atoms with E-state index < -0.39 is 33.3 Å². The van der Waals surface area contributed by atoms with Crippen LogP contribution >= 0.6 is 0 Å². The van der Waals surface area contributed by atoms with E-state index >= 15 is 8.78 Å². The summed E-state index contributed by atoms with van der Waals surface area (Å²) >= 11 is 0. The molecule has 13 heteroatoms. The third kappa shape index (κ3) is 5.79. The Kier molecular flexibility index (Phi) is 9.00. The fourth-order valence-electron chi connectivity index (χ4n) is 5.65. The molecular weight excluding hydrogens is 762 g/mol. The summed E-state index contributed by atoms with van der Waals surface area (Å²) in [5, 5.41) is 20.6. The molecular formula is C31H29F2N4O5SW-. The van der Waals surface area contributed by atoms with E-state index in [9.17, 15) is 18.6 Å². The number of aliphatic hydroxyl groups is 1. The molecule has 9 nitrogen and oxygen atoms in total. The quantitative estimate of drug-likeness (QED) is 0.162. The number of ether oxygens (including phenoxy) is 1. The molecule has 1 atom stereocenters. The van der Waals surface area contributed by atoms with Crippen molar-refractivity contribution in [2.24, 2.45) is 0 Å². The number of sulfone groups is 1. The van der Waals surface area contributed by atoms with Gasteiger partial charge in [-0.3, -0.25) is 11.3 Å². The topological polar surface area (TPSA) is 132 Å². The summed E-state index contributed by atoms with van der Waals surface area (Å²) in [6.45, 7) is 0.531. The number of fused-ring (bicyclic) bond motifs is 2. The summed E-state index contributed by atoms with van der Waals surface area (Å²) in [5.74, 6) is -1.66.